The van der Waals surface area contributed by atoms with E-state index in [0.717, 1.165) is 10.0 Å². The van der Waals surface area contributed by atoms with Crippen molar-refractivity contribution in [1.29, 1.82) is 0 Å². The minimum atomic E-state index is -0.564. The molecule has 6 nitrogen and oxygen atoms in total. The highest BCUT2D eigenvalue weighted by molar-refractivity contribution is 9.11. The van der Waals surface area contributed by atoms with Gasteiger partial charge in [-0.3, -0.25) is 10.1 Å². The van der Waals surface area contributed by atoms with Crippen LogP contribution in [0.15, 0.2) is 45.3 Å². The number of benzene rings is 2. The highest BCUT2D eigenvalue weighted by Gasteiger charge is 2.16. The predicted molar refractivity (Wildman–Crippen MR) is 92.3 cm³/mol. The number of urea groups is 1. The fourth-order valence-electron chi connectivity index (χ4n) is 1.77. The second-order valence-electron chi connectivity index (χ2n) is 4.48. The smallest absolute Gasteiger partial charge is 0.307 e. The van der Waals surface area contributed by atoms with E-state index in [2.05, 4.69) is 42.5 Å². The number of hydrogen-bond donors (Lipinski definition) is 2. The Bertz CT molecular complexity index is 750. The summed E-state index contributed by atoms with van der Waals surface area (Å²) in [6.07, 6.45) is 0. The summed E-state index contributed by atoms with van der Waals surface area (Å²) in [6.45, 7) is 1.75. The lowest BCUT2D eigenvalue weighted by molar-refractivity contribution is -0.384. The molecular weight excluding hydrogens is 418 g/mol. The first-order valence-corrected chi connectivity index (χ1v) is 7.73. The van der Waals surface area contributed by atoms with Crippen molar-refractivity contribution in [1.82, 2.24) is 0 Å². The van der Waals surface area contributed by atoms with Crippen molar-refractivity contribution in [3.63, 3.8) is 0 Å². The molecule has 114 valence electrons. The van der Waals surface area contributed by atoms with E-state index in [4.69, 9.17) is 0 Å². The van der Waals surface area contributed by atoms with E-state index in [9.17, 15) is 14.9 Å². The molecule has 2 aromatic rings. The molecule has 0 heterocycles. The van der Waals surface area contributed by atoms with E-state index in [1.807, 2.05) is 6.07 Å². The number of nitrogens with zero attached hydrogens (tertiary/aromatic N) is 1. The van der Waals surface area contributed by atoms with Gasteiger partial charge in [0.15, 0.2) is 0 Å². The Morgan fingerprint density at radius 2 is 1.77 bits per heavy atom. The second kappa shape index (κ2) is 6.89. The maximum atomic E-state index is 12.0. The van der Waals surface area contributed by atoms with E-state index in [-0.39, 0.29) is 11.4 Å². The van der Waals surface area contributed by atoms with E-state index in [1.54, 1.807) is 25.1 Å². The van der Waals surface area contributed by atoms with Gasteiger partial charge in [-0.15, -0.1) is 0 Å². The zero-order valence-electron chi connectivity index (χ0n) is 11.4. The SMILES string of the molecule is Cc1ccc(NC(=O)Nc2cc(Br)ccc2Br)c([N+](=O)[O-])c1. The minimum Gasteiger partial charge on any atom is -0.307 e. The summed E-state index contributed by atoms with van der Waals surface area (Å²) in [7, 11) is 0. The van der Waals surface area contributed by atoms with Gasteiger partial charge < -0.3 is 10.6 Å². The number of nitro groups is 1. The van der Waals surface area contributed by atoms with Gasteiger partial charge in [-0.2, -0.15) is 0 Å². The van der Waals surface area contributed by atoms with Gasteiger partial charge in [0.25, 0.3) is 5.69 Å². The number of hydrogen-bond acceptors (Lipinski definition) is 3. The summed E-state index contributed by atoms with van der Waals surface area (Å²) in [5.41, 5.74) is 1.27. The summed E-state index contributed by atoms with van der Waals surface area (Å²) in [6, 6.07) is 9.34. The molecule has 0 aliphatic rings. The van der Waals surface area contributed by atoms with Crippen molar-refractivity contribution in [2.24, 2.45) is 0 Å². The first kappa shape index (κ1) is 16.4. The predicted octanol–water partition coefficient (Wildman–Crippen LogP) is 5.07. The molecule has 0 aliphatic carbocycles. The Kier molecular flexibility index (Phi) is 5.15. The number of amides is 2. The van der Waals surface area contributed by atoms with Crippen molar-refractivity contribution in [2.45, 2.75) is 6.92 Å². The summed E-state index contributed by atoms with van der Waals surface area (Å²) < 4.78 is 1.50. The first-order valence-electron chi connectivity index (χ1n) is 6.15. The number of aryl methyl sites for hydroxylation is 1. The Morgan fingerprint density at radius 1 is 1.09 bits per heavy atom. The number of halogens is 2. The molecule has 0 saturated heterocycles. The van der Waals surface area contributed by atoms with Crippen LogP contribution in [0.2, 0.25) is 0 Å². The van der Waals surface area contributed by atoms with Crippen LogP contribution in [0.1, 0.15) is 5.56 Å². The molecule has 22 heavy (non-hydrogen) atoms. The second-order valence-corrected chi connectivity index (χ2v) is 6.25. The molecule has 2 aromatic carbocycles. The lowest BCUT2D eigenvalue weighted by Gasteiger charge is -2.10. The Labute approximate surface area is 143 Å². The number of carbonyl (C=O) groups is 1. The van der Waals surface area contributed by atoms with Gasteiger partial charge in [0.05, 0.1) is 10.6 Å². The van der Waals surface area contributed by atoms with Gasteiger partial charge in [0.2, 0.25) is 0 Å². The molecule has 0 aliphatic heterocycles. The van der Waals surface area contributed by atoms with Crippen molar-refractivity contribution in [3.8, 4) is 0 Å². The van der Waals surface area contributed by atoms with E-state index in [1.165, 1.54) is 12.1 Å². The van der Waals surface area contributed by atoms with Gasteiger partial charge in [-0.05, 0) is 52.7 Å². The molecule has 0 radical (unpaired) electrons. The van der Waals surface area contributed by atoms with Crippen LogP contribution in [0.3, 0.4) is 0 Å². The summed E-state index contributed by atoms with van der Waals surface area (Å²) in [5.74, 6) is 0. The van der Waals surface area contributed by atoms with Crippen LogP contribution in [-0.4, -0.2) is 11.0 Å². The summed E-state index contributed by atoms with van der Waals surface area (Å²) >= 11 is 6.63. The molecule has 0 fully saturated rings. The lowest BCUT2D eigenvalue weighted by Crippen LogP contribution is -2.20. The van der Waals surface area contributed by atoms with Crippen LogP contribution in [-0.2, 0) is 0 Å². The third kappa shape index (κ3) is 4.05. The average molecular weight is 429 g/mol. The van der Waals surface area contributed by atoms with Crippen LogP contribution >= 0.6 is 31.9 Å². The van der Waals surface area contributed by atoms with Crippen molar-refractivity contribution >= 4 is 55.0 Å². The number of rotatable bonds is 3. The zero-order chi connectivity index (χ0) is 16.3. The Hall–Kier alpha value is -1.93. The number of nitro benzene ring substituents is 1. The largest absolute Gasteiger partial charge is 0.323 e. The molecule has 0 bridgehead atoms. The fourth-order valence-corrected chi connectivity index (χ4v) is 2.47. The highest BCUT2D eigenvalue weighted by Crippen LogP contribution is 2.28. The number of anilines is 2. The summed E-state index contributed by atoms with van der Waals surface area (Å²) in [4.78, 5) is 22.5. The topological polar surface area (TPSA) is 84.3 Å². The van der Waals surface area contributed by atoms with Crippen LogP contribution in [0.4, 0.5) is 21.9 Å². The Balaban J connectivity index is 2.19. The molecule has 2 amide bonds. The average Bonchev–Trinajstić information content (AvgIpc) is 2.44. The van der Waals surface area contributed by atoms with Crippen LogP contribution in [0.5, 0.6) is 0 Å². The van der Waals surface area contributed by atoms with Crippen LogP contribution in [0, 0.1) is 17.0 Å². The third-order valence-electron chi connectivity index (χ3n) is 2.77. The zero-order valence-corrected chi connectivity index (χ0v) is 14.6. The third-order valence-corrected chi connectivity index (χ3v) is 3.96. The van der Waals surface area contributed by atoms with Crippen LogP contribution < -0.4 is 10.6 Å². The van der Waals surface area contributed by atoms with Gasteiger partial charge in [0.1, 0.15) is 5.69 Å². The van der Waals surface area contributed by atoms with Crippen LogP contribution in [0.25, 0.3) is 0 Å². The molecule has 0 aromatic heterocycles. The normalized spacial score (nSPS) is 10.1. The van der Waals surface area contributed by atoms with Gasteiger partial charge in [-0.25, -0.2) is 4.79 Å². The molecule has 8 heteroatoms. The molecule has 2 N–H and O–H groups in total. The van der Waals surface area contributed by atoms with Gasteiger partial charge in [0, 0.05) is 15.0 Å². The van der Waals surface area contributed by atoms with Crippen molar-refractivity contribution in [2.75, 3.05) is 10.6 Å². The van der Waals surface area contributed by atoms with Gasteiger partial charge in [-0.1, -0.05) is 22.0 Å². The molecule has 0 saturated carbocycles. The van der Waals surface area contributed by atoms with Crippen molar-refractivity contribution in [3.05, 3.63) is 61.0 Å². The molecule has 2 rings (SSSR count). The molecule has 0 spiro atoms. The quantitative estimate of drug-likeness (QED) is 0.528. The van der Waals surface area contributed by atoms with Gasteiger partial charge >= 0.3 is 6.03 Å². The number of nitrogens with one attached hydrogen (secondary N) is 2. The van der Waals surface area contributed by atoms with Crippen molar-refractivity contribution < 1.29 is 9.72 Å². The highest BCUT2D eigenvalue weighted by atomic mass is 79.9. The fraction of sp³-hybridized carbons (Fsp3) is 0.0714. The van der Waals surface area contributed by atoms with E-state index < -0.39 is 11.0 Å². The standard InChI is InChI=1S/C14H11Br2N3O3/c1-8-2-5-11(13(6-8)19(21)22)17-14(20)18-12-7-9(15)3-4-10(12)16/h2-7H,1H3,(H2,17,18,20). The molecule has 0 unspecified atom stereocenters. The molecule has 0 atom stereocenters. The van der Waals surface area contributed by atoms with E-state index in [0.29, 0.717) is 10.2 Å². The summed E-state index contributed by atoms with van der Waals surface area (Å²) in [5, 5.41) is 16.1. The first-order chi connectivity index (χ1) is 10.4. The molecular formula is C14H11Br2N3O3. The maximum absolute atomic E-state index is 12.0. The number of carbonyl (C=O) groups excluding carboxylic acids is 1. The van der Waals surface area contributed by atoms with E-state index >= 15 is 0 Å². The maximum Gasteiger partial charge on any atom is 0.323 e. The monoisotopic (exact) mass is 427 g/mol. The Morgan fingerprint density at radius 3 is 2.45 bits per heavy atom. The lowest BCUT2D eigenvalue weighted by atomic mass is 10.2. The minimum absolute atomic E-state index is 0.138.